The Hall–Kier alpha value is -2.95. The lowest BCUT2D eigenvalue weighted by molar-refractivity contribution is -0.113. The Kier molecular flexibility index (Phi) is 7.39. The molecule has 0 fully saturated rings. The topological polar surface area (TPSA) is 119 Å². The summed E-state index contributed by atoms with van der Waals surface area (Å²) < 4.78 is 6.28. The lowest BCUT2D eigenvalue weighted by Crippen LogP contribution is -2.16. The molecule has 0 bridgehead atoms. The molecule has 1 aromatic heterocycles. The maximum absolute atomic E-state index is 12.1. The number of halogens is 2. The second kappa shape index (κ2) is 10.2. The lowest BCUT2D eigenvalue weighted by atomic mass is 10.2. The van der Waals surface area contributed by atoms with Gasteiger partial charge in [0, 0.05) is 16.3 Å². The average molecular weight is 466 g/mol. The molecule has 2 aromatic carbocycles. The Morgan fingerprint density at radius 3 is 2.73 bits per heavy atom. The third-order valence-electron chi connectivity index (χ3n) is 3.70. The van der Waals surface area contributed by atoms with Crippen molar-refractivity contribution in [3.63, 3.8) is 0 Å². The van der Waals surface area contributed by atoms with Gasteiger partial charge in [0.1, 0.15) is 5.75 Å². The van der Waals surface area contributed by atoms with E-state index in [1.54, 1.807) is 49.6 Å². The first-order valence-corrected chi connectivity index (χ1v) is 10.2. The quantitative estimate of drug-likeness (QED) is 0.201. The number of benzene rings is 2. The number of nitrogens with one attached hydrogen (secondary N) is 2. The Bertz CT molecular complexity index is 1060. The number of nitrogens with two attached hydrogens (primary N) is 1. The van der Waals surface area contributed by atoms with E-state index in [0.29, 0.717) is 32.2 Å². The maximum Gasteiger partial charge on any atom is 0.264 e. The van der Waals surface area contributed by atoms with Gasteiger partial charge < -0.3 is 15.9 Å². The molecular weight excluding hydrogens is 449 g/mol. The van der Waals surface area contributed by atoms with Crippen LogP contribution in [0.3, 0.4) is 0 Å². The van der Waals surface area contributed by atoms with E-state index in [0.717, 1.165) is 11.8 Å². The smallest absolute Gasteiger partial charge is 0.264 e. The molecule has 9 nitrogen and oxygen atoms in total. The number of aromatic nitrogens is 3. The van der Waals surface area contributed by atoms with Crippen LogP contribution in [0.2, 0.25) is 10.0 Å². The third kappa shape index (κ3) is 5.78. The van der Waals surface area contributed by atoms with E-state index in [2.05, 4.69) is 26.0 Å². The number of rotatable bonds is 8. The van der Waals surface area contributed by atoms with Crippen LogP contribution in [0.1, 0.15) is 5.56 Å². The van der Waals surface area contributed by atoms with Gasteiger partial charge in [0.2, 0.25) is 11.1 Å². The van der Waals surface area contributed by atoms with Crippen LogP contribution < -0.4 is 21.3 Å². The van der Waals surface area contributed by atoms with Crippen LogP contribution in [-0.4, -0.2) is 39.9 Å². The number of carbonyl (C=O) groups is 1. The normalized spacial score (nSPS) is 10.9. The van der Waals surface area contributed by atoms with Gasteiger partial charge in [-0.3, -0.25) is 4.79 Å². The first-order valence-electron chi connectivity index (χ1n) is 8.47. The van der Waals surface area contributed by atoms with Crippen molar-refractivity contribution in [2.24, 2.45) is 5.10 Å². The molecule has 1 heterocycles. The monoisotopic (exact) mass is 465 g/mol. The highest BCUT2D eigenvalue weighted by atomic mass is 35.5. The zero-order chi connectivity index (χ0) is 21.5. The first-order chi connectivity index (χ1) is 14.5. The molecule has 3 aromatic rings. The molecule has 0 spiro atoms. The van der Waals surface area contributed by atoms with Gasteiger partial charge >= 0.3 is 0 Å². The molecule has 0 unspecified atom stereocenters. The van der Waals surface area contributed by atoms with E-state index in [4.69, 9.17) is 33.8 Å². The molecule has 12 heteroatoms. The van der Waals surface area contributed by atoms with Crippen molar-refractivity contribution in [3.8, 4) is 5.75 Å². The van der Waals surface area contributed by atoms with Gasteiger partial charge in [-0.1, -0.05) is 41.0 Å². The molecule has 0 aliphatic heterocycles. The number of ether oxygens (including phenoxy) is 1. The fourth-order valence-electron chi connectivity index (χ4n) is 2.22. The predicted octanol–water partition coefficient (Wildman–Crippen LogP) is 3.48. The Morgan fingerprint density at radius 2 is 2.03 bits per heavy atom. The second-order valence-corrected chi connectivity index (χ2v) is 7.56. The minimum atomic E-state index is -0.210. The number of amides is 1. The second-order valence-electron chi connectivity index (χ2n) is 5.78. The summed E-state index contributed by atoms with van der Waals surface area (Å²) in [5.74, 6) is 6.75. The molecule has 0 radical (unpaired) electrons. The van der Waals surface area contributed by atoms with Crippen LogP contribution >= 0.6 is 35.0 Å². The molecule has 0 atom stereocenters. The van der Waals surface area contributed by atoms with Crippen molar-refractivity contribution in [2.75, 3.05) is 29.4 Å². The van der Waals surface area contributed by atoms with Gasteiger partial charge in [-0.15, -0.1) is 10.2 Å². The summed E-state index contributed by atoms with van der Waals surface area (Å²) in [5.41, 5.74) is 4.01. The summed E-state index contributed by atoms with van der Waals surface area (Å²) in [6.07, 6.45) is 1.50. The van der Waals surface area contributed by atoms with Gasteiger partial charge in [-0.2, -0.15) is 5.10 Å². The SMILES string of the molecule is COc1ccc(NC(=O)CSc2nnc(N/N=C/c3ccc(Cl)cc3Cl)n2N)cc1. The van der Waals surface area contributed by atoms with Crippen LogP contribution in [0.5, 0.6) is 5.75 Å². The van der Waals surface area contributed by atoms with E-state index < -0.39 is 0 Å². The lowest BCUT2D eigenvalue weighted by Gasteiger charge is -2.06. The molecule has 30 heavy (non-hydrogen) atoms. The summed E-state index contributed by atoms with van der Waals surface area (Å²) in [6.45, 7) is 0. The predicted molar refractivity (Wildman–Crippen MR) is 120 cm³/mol. The maximum atomic E-state index is 12.1. The summed E-state index contributed by atoms with van der Waals surface area (Å²) in [4.78, 5) is 12.1. The van der Waals surface area contributed by atoms with E-state index >= 15 is 0 Å². The summed E-state index contributed by atoms with van der Waals surface area (Å²) in [7, 11) is 1.58. The van der Waals surface area contributed by atoms with Crippen molar-refractivity contribution in [3.05, 3.63) is 58.1 Å². The van der Waals surface area contributed by atoms with Crippen molar-refractivity contribution < 1.29 is 9.53 Å². The third-order valence-corrected chi connectivity index (χ3v) is 5.21. The van der Waals surface area contributed by atoms with E-state index in [1.165, 1.54) is 10.9 Å². The van der Waals surface area contributed by atoms with E-state index in [-0.39, 0.29) is 17.6 Å². The molecule has 156 valence electrons. The molecule has 0 saturated heterocycles. The number of thioether (sulfide) groups is 1. The average Bonchev–Trinajstić information content (AvgIpc) is 3.08. The summed E-state index contributed by atoms with van der Waals surface area (Å²) in [5, 5.41) is 16.0. The van der Waals surface area contributed by atoms with Crippen LogP contribution in [0.15, 0.2) is 52.7 Å². The van der Waals surface area contributed by atoms with Crippen LogP contribution in [0.4, 0.5) is 11.6 Å². The van der Waals surface area contributed by atoms with Gasteiger partial charge in [0.25, 0.3) is 5.95 Å². The number of hydrogen-bond acceptors (Lipinski definition) is 8. The van der Waals surface area contributed by atoms with Gasteiger partial charge in [-0.05, 0) is 36.4 Å². The van der Waals surface area contributed by atoms with E-state index in [9.17, 15) is 4.79 Å². The molecular formula is C18H17Cl2N7O2S. The fraction of sp³-hybridized carbons (Fsp3) is 0.111. The standard InChI is InChI=1S/C18H17Cl2N7O2S/c1-29-14-6-4-13(5-7-14)23-16(28)10-30-18-26-25-17(27(18)21)24-22-9-11-2-3-12(19)8-15(11)20/h2-9H,10,21H2,1H3,(H,23,28)(H,24,25)/b22-9+. The molecule has 1 amide bonds. The Balaban J connectivity index is 1.53. The molecule has 0 saturated carbocycles. The van der Waals surface area contributed by atoms with Crippen LogP contribution in [-0.2, 0) is 4.79 Å². The highest BCUT2D eigenvalue weighted by Gasteiger charge is 2.12. The highest BCUT2D eigenvalue weighted by Crippen LogP contribution is 2.20. The van der Waals surface area contributed by atoms with Gasteiger partial charge in [-0.25, -0.2) is 10.1 Å². The van der Waals surface area contributed by atoms with Gasteiger partial charge in [0.15, 0.2) is 0 Å². The zero-order valence-electron chi connectivity index (χ0n) is 15.7. The summed E-state index contributed by atoms with van der Waals surface area (Å²) in [6, 6.07) is 12.1. The van der Waals surface area contributed by atoms with Crippen molar-refractivity contribution in [2.45, 2.75) is 5.16 Å². The number of nitrogen functional groups attached to an aromatic ring is 1. The van der Waals surface area contributed by atoms with E-state index in [1.807, 2.05) is 0 Å². The largest absolute Gasteiger partial charge is 0.497 e. The number of hydrogen-bond donors (Lipinski definition) is 3. The number of carbonyl (C=O) groups excluding carboxylic acids is 1. The first kappa shape index (κ1) is 21.8. The number of hydrazone groups is 1. The minimum Gasteiger partial charge on any atom is -0.497 e. The fourth-order valence-corrected chi connectivity index (χ4v) is 3.33. The van der Waals surface area contributed by atoms with Crippen molar-refractivity contribution >= 4 is 58.7 Å². The zero-order valence-corrected chi connectivity index (χ0v) is 18.0. The number of nitrogens with zero attached hydrogens (tertiary/aromatic N) is 4. The number of methoxy groups -OCH3 is 1. The highest BCUT2D eigenvalue weighted by molar-refractivity contribution is 7.99. The van der Waals surface area contributed by atoms with Gasteiger partial charge in [0.05, 0.1) is 24.1 Å². The Labute approximate surface area is 186 Å². The summed E-state index contributed by atoms with van der Waals surface area (Å²) >= 11 is 13.1. The minimum absolute atomic E-state index is 0.102. The Morgan fingerprint density at radius 1 is 1.27 bits per heavy atom. The molecule has 0 aliphatic rings. The molecule has 4 N–H and O–H groups in total. The van der Waals surface area contributed by atoms with Crippen LogP contribution in [0.25, 0.3) is 0 Å². The van der Waals surface area contributed by atoms with Crippen molar-refractivity contribution in [1.29, 1.82) is 0 Å². The van der Waals surface area contributed by atoms with Crippen molar-refractivity contribution in [1.82, 2.24) is 14.9 Å². The van der Waals surface area contributed by atoms with Crippen LogP contribution in [0, 0.1) is 0 Å². The molecule has 0 aliphatic carbocycles. The molecule has 3 rings (SSSR count). The number of anilines is 2.